The van der Waals surface area contributed by atoms with Crippen LogP contribution in [0.4, 0.5) is 0 Å². The average Bonchev–Trinajstić information content (AvgIpc) is 2.42. The molecule has 0 aromatic rings. The Morgan fingerprint density at radius 3 is 2.61 bits per heavy atom. The normalized spacial score (nSPS) is 43.0. The van der Waals surface area contributed by atoms with Crippen LogP contribution in [0.2, 0.25) is 0 Å². The summed E-state index contributed by atoms with van der Waals surface area (Å²) in [5.74, 6) is 1.78. The molecule has 1 saturated heterocycles. The van der Waals surface area contributed by atoms with Crippen molar-refractivity contribution in [2.75, 3.05) is 13.6 Å². The SMILES string of the molecule is CCC1CCCC(N2CCC(NC)C(C)C2C)C1. The minimum absolute atomic E-state index is 0.724. The fourth-order valence-corrected chi connectivity index (χ4v) is 4.25. The molecule has 2 nitrogen and oxygen atoms in total. The third-order valence-electron chi connectivity index (χ3n) is 5.79. The zero-order valence-corrected chi connectivity index (χ0v) is 12.8. The maximum atomic E-state index is 3.50. The van der Waals surface area contributed by atoms with E-state index in [-0.39, 0.29) is 0 Å². The van der Waals surface area contributed by atoms with E-state index in [1.54, 1.807) is 0 Å². The summed E-state index contributed by atoms with van der Waals surface area (Å²) in [5.41, 5.74) is 0. The van der Waals surface area contributed by atoms with Gasteiger partial charge < -0.3 is 5.32 Å². The number of hydrogen-bond donors (Lipinski definition) is 1. The summed E-state index contributed by atoms with van der Waals surface area (Å²) in [6.45, 7) is 8.55. The first-order valence-electron chi connectivity index (χ1n) is 8.10. The first kappa shape index (κ1) is 14.3. The van der Waals surface area contributed by atoms with E-state index in [9.17, 15) is 0 Å². The van der Waals surface area contributed by atoms with Gasteiger partial charge in [-0.15, -0.1) is 0 Å². The van der Waals surface area contributed by atoms with E-state index in [1.807, 2.05) is 0 Å². The van der Waals surface area contributed by atoms with Crippen molar-refractivity contribution in [3.8, 4) is 0 Å². The number of piperidine rings is 1. The maximum Gasteiger partial charge on any atom is 0.0117 e. The van der Waals surface area contributed by atoms with Crippen molar-refractivity contribution in [2.45, 2.75) is 77.4 Å². The van der Waals surface area contributed by atoms with Gasteiger partial charge in [0.05, 0.1) is 0 Å². The summed E-state index contributed by atoms with van der Waals surface area (Å²) >= 11 is 0. The van der Waals surface area contributed by atoms with Gasteiger partial charge >= 0.3 is 0 Å². The molecule has 2 fully saturated rings. The molecule has 1 saturated carbocycles. The second-order valence-electron chi connectivity index (χ2n) is 6.62. The van der Waals surface area contributed by atoms with Crippen LogP contribution < -0.4 is 5.32 Å². The fraction of sp³-hybridized carbons (Fsp3) is 1.00. The van der Waals surface area contributed by atoms with Gasteiger partial charge in [0.1, 0.15) is 0 Å². The van der Waals surface area contributed by atoms with Gasteiger partial charge in [-0.05, 0) is 45.1 Å². The molecule has 5 unspecified atom stereocenters. The Kier molecular flexibility index (Phi) is 5.08. The van der Waals surface area contributed by atoms with Crippen molar-refractivity contribution >= 4 is 0 Å². The standard InChI is InChI=1S/C16H32N2/c1-5-14-7-6-8-15(11-14)18-10-9-16(17-4)12(2)13(18)3/h12-17H,5-11H2,1-4H3. The highest BCUT2D eigenvalue weighted by Gasteiger charge is 2.36. The molecule has 2 rings (SSSR count). The first-order valence-corrected chi connectivity index (χ1v) is 8.10. The van der Waals surface area contributed by atoms with Crippen LogP contribution in [0.15, 0.2) is 0 Å². The molecule has 106 valence electrons. The van der Waals surface area contributed by atoms with E-state index in [0.717, 1.165) is 30.0 Å². The molecule has 0 amide bonds. The predicted octanol–water partition coefficient (Wildman–Crippen LogP) is 3.27. The third-order valence-corrected chi connectivity index (χ3v) is 5.79. The van der Waals surface area contributed by atoms with Gasteiger partial charge in [-0.3, -0.25) is 4.90 Å². The lowest BCUT2D eigenvalue weighted by Gasteiger charge is -2.48. The number of nitrogens with zero attached hydrogens (tertiary/aromatic N) is 1. The molecular formula is C16H32N2. The van der Waals surface area contributed by atoms with Crippen LogP contribution in [0.25, 0.3) is 0 Å². The number of hydrogen-bond acceptors (Lipinski definition) is 2. The molecule has 18 heavy (non-hydrogen) atoms. The van der Waals surface area contributed by atoms with Crippen LogP contribution >= 0.6 is 0 Å². The molecule has 1 heterocycles. The van der Waals surface area contributed by atoms with Crippen molar-refractivity contribution in [1.82, 2.24) is 10.2 Å². The molecule has 1 aliphatic carbocycles. The molecular weight excluding hydrogens is 220 g/mol. The molecule has 5 atom stereocenters. The van der Waals surface area contributed by atoms with Crippen LogP contribution in [0.5, 0.6) is 0 Å². The Labute approximate surface area is 114 Å². The van der Waals surface area contributed by atoms with Gasteiger partial charge in [-0.25, -0.2) is 0 Å². The lowest BCUT2D eigenvalue weighted by Crippen LogP contribution is -2.56. The van der Waals surface area contributed by atoms with Crippen molar-refractivity contribution in [1.29, 1.82) is 0 Å². The van der Waals surface area contributed by atoms with Gasteiger partial charge in [0.25, 0.3) is 0 Å². The Bertz CT molecular complexity index is 253. The fourth-order valence-electron chi connectivity index (χ4n) is 4.25. The first-order chi connectivity index (χ1) is 8.67. The molecule has 0 radical (unpaired) electrons. The van der Waals surface area contributed by atoms with E-state index < -0.39 is 0 Å². The van der Waals surface area contributed by atoms with Crippen molar-refractivity contribution < 1.29 is 0 Å². The summed E-state index contributed by atoms with van der Waals surface area (Å²) in [6, 6.07) is 2.34. The Morgan fingerprint density at radius 1 is 1.17 bits per heavy atom. The third kappa shape index (κ3) is 2.91. The Morgan fingerprint density at radius 2 is 1.94 bits per heavy atom. The van der Waals surface area contributed by atoms with Gasteiger partial charge in [0.2, 0.25) is 0 Å². The molecule has 0 spiro atoms. The van der Waals surface area contributed by atoms with Crippen molar-refractivity contribution in [3.63, 3.8) is 0 Å². The van der Waals surface area contributed by atoms with Gasteiger partial charge in [0, 0.05) is 24.7 Å². The quantitative estimate of drug-likeness (QED) is 0.829. The maximum absolute atomic E-state index is 3.50. The second kappa shape index (κ2) is 6.38. The summed E-state index contributed by atoms with van der Waals surface area (Å²) in [5, 5.41) is 3.50. The second-order valence-corrected chi connectivity index (χ2v) is 6.62. The van der Waals surface area contributed by atoms with Gasteiger partial charge in [0.15, 0.2) is 0 Å². The minimum Gasteiger partial charge on any atom is -0.317 e. The number of rotatable bonds is 3. The van der Waals surface area contributed by atoms with E-state index in [2.05, 4.69) is 38.0 Å². The van der Waals surface area contributed by atoms with E-state index in [4.69, 9.17) is 0 Å². The summed E-state index contributed by atoms with van der Waals surface area (Å²) in [4.78, 5) is 2.83. The highest BCUT2D eigenvalue weighted by atomic mass is 15.2. The largest absolute Gasteiger partial charge is 0.317 e. The molecule has 2 aliphatic rings. The molecule has 1 N–H and O–H groups in total. The lowest BCUT2D eigenvalue weighted by atomic mass is 9.80. The Balaban J connectivity index is 1.96. The summed E-state index contributed by atoms with van der Waals surface area (Å²) in [7, 11) is 2.12. The monoisotopic (exact) mass is 252 g/mol. The van der Waals surface area contributed by atoms with Gasteiger partial charge in [-0.1, -0.05) is 33.1 Å². The highest BCUT2D eigenvalue weighted by Crippen LogP contribution is 2.34. The van der Waals surface area contributed by atoms with E-state index in [1.165, 1.54) is 45.1 Å². The lowest BCUT2D eigenvalue weighted by molar-refractivity contribution is 0.0236. The Hall–Kier alpha value is -0.0800. The highest BCUT2D eigenvalue weighted by molar-refractivity contribution is 4.92. The summed E-state index contributed by atoms with van der Waals surface area (Å²) < 4.78 is 0. The van der Waals surface area contributed by atoms with Crippen molar-refractivity contribution in [2.24, 2.45) is 11.8 Å². The van der Waals surface area contributed by atoms with Gasteiger partial charge in [-0.2, -0.15) is 0 Å². The van der Waals surface area contributed by atoms with Crippen LogP contribution in [0.1, 0.15) is 59.3 Å². The molecule has 0 aromatic carbocycles. The zero-order chi connectivity index (χ0) is 13.1. The number of nitrogens with one attached hydrogen (secondary N) is 1. The van der Waals surface area contributed by atoms with E-state index >= 15 is 0 Å². The molecule has 0 aromatic heterocycles. The smallest absolute Gasteiger partial charge is 0.0117 e. The molecule has 0 bridgehead atoms. The van der Waals surface area contributed by atoms with Crippen LogP contribution in [-0.2, 0) is 0 Å². The molecule has 1 aliphatic heterocycles. The van der Waals surface area contributed by atoms with Crippen LogP contribution in [0.3, 0.4) is 0 Å². The molecule has 2 heteroatoms. The minimum atomic E-state index is 0.724. The topological polar surface area (TPSA) is 15.3 Å². The zero-order valence-electron chi connectivity index (χ0n) is 12.8. The van der Waals surface area contributed by atoms with Crippen LogP contribution in [0, 0.1) is 11.8 Å². The van der Waals surface area contributed by atoms with Crippen LogP contribution in [-0.4, -0.2) is 36.6 Å². The summed E-state index contributed by atoms with van der Waals surface area (Å²) in [6.07, 6.45) is 8.54. The van der Waals surface area contributed by atoms with Crippen molar-refractivity contribution in [3.05, 3.63) is 0 Å². The van der Waals surface area contributed by atoms with E-state index in [0.29, 0.717) is 0 Å². The number of likely N-dealkylation sites (tertiary alicyclic amines) is 1. The average molecular weight is 252 g/mol. The predicted molar refractivity (Wildman–Crippen MR) is 78.8 cm³/mol.